The number of pyridine rings is 1. The number of halogens is 4. The van der Waals surface area contributed by atoms with E-state index in [1.807, 2.05) is 0 Å². The minimum atomic E-state index is -4.51. The van der Waals surface area contributed by atoms with Gasteiger partial charge in [-0.25, -0.2) is 0 Å². The Bertz CT molecular complexity index is 313. The van der Waals surface area contributed by atoms with E-state index in [0.29, 0.717) is 0 Å². The average Bonchev–Trinajstić information content (AvgIpc) is 2.03. The molecule has 0 amide bonds. The zero-order valence-corrected chi connectivity index (χ0v) is 7.02. The molecule has 72 valence electrons. The van der Waals surface area contributed by atoms with E-state index in [9.17, 15) is 13.2 Å². The van der Waals surface area contributed by atoms with Crippen LogP contribution in [0.4, 0.5) is 13.2 Å². The summed E-state index contributed by atoms with van der Waals surface area (Å²) in [5.74, 6) is 0. The van der Waals surface area contributed by atoms with Crippen molar-refractivity contribution in [2.45, 2.75) is 12.8 Å². The smallest absolute Gasteiger partial charge is 0.392 e. The molecule has 1 rings (SSSR count). The fourth-order valence-corrected chi connectivity index (χ4v) is 0.920. The van der Waals surface area contributed by atoms with Gasteiger partial charge in [0.25, 0.3) is 0 Å². The van der Waals surface area contributed by atoms with E-state index in [1.165, 1.54) is 0 Å². The second-order valence-corrected chi connectivity index (χ2v) is 2.72. The molecular weight excluding hydrogens is 207 g/mol. The molecule has 0 fully saturated rings. The molecule has 0 unspecified atom stereocenters. The third-order valence-electron chi connectivity index (χ3n) is 1.40. The van der Waals surface area contributed by atoms with Gasteiger partial charge >= 0.3 is 6.18 Å². The highest BCUT2D eigenvalue weighted by molar-refractivity contribution is 6.31. The molecule has 6 heteroatoms. The number of aliphatic hydroxyl groups excluding tert-OH is 1. The summed E-state index contributed by atoms with van der Waals surface area (Å²) in [5.41, 5.74) is -1.04. The first-order chi connectivity index (χ1) is 5.95. The van der Waals surface area contributed by atoms with Crippen molar-refractivity contribution in [3.63, 3.8) is 0 Å². The Balaban J connectivity index is 3.14. The van der Waals surface area contributed by atoms with Crippen molar-refractivity contribution < 1.29 is 18.3 Å². The van der Waals surface area contributed by atoms with Gasteiger partial charge in [-0.15, -0.1) is 0 Å². The van der Waals surface area contributed by atoms with E-state index in [4.69, 9.17) is 16.7 Å². The predicted molar refractivity (Wildman–Crippen MR) is 40.2 cm³/mol. The number of hydrogen-bond donors (Lipinski definition) is 1. The van der Waals surface area contributed by atoms with Crippen molar-refractivity contribution in [3.05, 3.63) is 28.5 Å². The van der Waals surface area contributed by atoms with Gasteiger partial charge in [0.15, 0.2) is 0 Å². The Kier molecular flexibility index (Phi) is 2.77. The normalized spacial score (nSPS) is 11.8. The Morgan fingerprint density at radius 1 is 1.46 bits per heavy atom. The molecule has 1 aromatic heterocycles. The predicted octanol–water partition coefficient (Wildman–Crippen LogP) is 2.25. The Morgan fingerprint density at radius 3 is 2.54 bits per heavy atom. The quantitative estimate of drug-likeness (QED) is 0.773. The number of hydrogen-bond acceptors (Lipinski definition) is 2. The van der Waals surface area contributed by atoms with E-state index < -0.39 is 18.5 Å². The molecule has 0 saturated heterocycles. The molecule has 0 saturated carbocycles. The zero-order chi connectivity index (χ0) is 10.1. The van der Waals surface area contributed by atoms with E-state index in [2.05, 4.69) is 4.98 Å². The minimum Gasteiger partial charge on any atom is -0.392 e. The van der Waals surface area contributed by atoms with Crippen LogP contribution in [0.5, 0.6) is 0 Å². The van der Waals surface area contributed by atoms with E-state index in [1.54, 1.807) is 0 Å². The molecule has 0 bridgehead atoms. The molecule has 0 aromatic carbocycles. The van der Waals surface area contributed by atoms with Gasteiger partial charge in [0.05, 0.1) is 11.6 Å². The van der Waals surface area contributed by atoms with Crippen molar-refractivity contribution in [2.75, 3.05) is 0 Å². The van der Waals surface area contributed by atoms with Gasteiger partial charge in [0.2, 0.25) is 0 Å². The van der Waals surface area contributed by atoms with Crippen LogP contribution in [-0.2, 0) is 12.8 Å². The van der Waals surface area contributed by atoms with Crippen LogP contribution in [0.25, 0.3) is 0 Å². The highest BCUT2D eigenvalue weighted by atomic mass is 35.5. The van der Waals surface area contributed by atoms with Gasteiger partial charge < -0.3 is 5.11 Å². The first kappa shape index (κ1) is 10.3. The van der Waals surface area contributed by atoms with Crippen LogP contribution in [0.2, 0.25) is 5.02 Å². The fourth-order valence-electron chi connectivity index (χ4n) is 0.757. The number of alkyl halides is 3. The highest BCUT2D eigenvalue weighted by Crippen LogP contribution is 2.29. The van der Waals surface area contributed by atoms with Crippen LogP contribution < -0.4 is 0 Å². The van der Waals surface area contributed by atoms with Crippen LogP contribution in [0.3, 0.4) is 0 Å². The summed E-state index contributed by atoms with van der Waals surface area (Å²) in [7, 11) is 0. The zero-order valence-electron chi connectivity index (χ0n) is 6.27. The van der Waals surface area contributed by atoms with E-state index in [0.717, 1.165) is 12.3 Å². The minimum absolute atomic E-state index is 0.0176. The van der Waals surface area contributed by atoms with Crippen molar-refractivity contribution in [1.29, 1.82) is 0 Å². The molecule has 0 aliphatic carbocycles. The third-order valence-corrected chi connectivity index (χ3v) is 1.74. The van der Waals surface area contributed by atoms with Gasteiger partial charge in [-0.1, -0.05) is 11.6 Å². The van der Waals surface area contributed by atoms with Crippen molar-refractivity contribution in [1.82, 2.24) is 4.98 Å². The summed E-state index contributed by atoms with van der Waals surface area (Å²) in [6.45, 7) is -0.537. The first-order valence-electron chi connectivity index (χ1n) is 3.27. The van der Waals surface area contributed by atoms with Gasteiger partial charge in [-0.05, 0) is 11.6 Å². The van der Waals surface area contributed by atoms with Gasteiger partial charge in [-0.2, -0.15) is 13.2 Å². The SMILES string of the molecule is OCc1cc(C(F)(F)F)ncc1Cl. The molecule has 1 aromatic rings. The van der Waals surface area contributed by atoms with Crippen molar-refractivity contribution in [3.8, 4) is 0 Å². The summed E-state index contributed by atoms with van der Waals surface area (Å²) in [6, 6.07) is 0.725. The standard InChI is InChI=1S/C7H5ClF3NO/c8-5-2-12-6(7(9,10)11)1-4(5)3-13/h1-2,13H,3H2. The molecule has 2 nitrogen and oxygen atoms in total. The van der Waals surface area contributed by atoms with Crippen LogP contribution in [0, 0.1) is 0 Å². The maximum absolute atomic E-state index is 12.0. The molecule has 0 atom stereocenters. The Labute approximate surface area is 77.0 Å². The van der Waals surface area contributed by atoms with E-state index >= 15 is 0 Å². The second-order valence-electron chi connectivity index (χ2n) is 2.32. The summed E-state index contributed by atoms with van der Waals surface area (Å²) >= 11 is 5.46. The van der Waals surface area contributed by atoms with Crippen molar-refractivity contribution in [2.24, 2.45) is 0 Å². The maximum Gasteiger partial charge on any atom is 0.433 e. The van der Waals surface area contributed by atoms with Crippen LogP contribution >= 0.6 is 11.6 Å². The topological polar surface area (TPSA) is 33.1 Å². The van der Waals surface area contributed by atoms with E-state index in [-0.39, 0.29) is 10.6 Å². The summed E-state index contributed by atoms with van der Waals surface area (Å²) < 4.78 is 36.1. The van der Waals surface area contributed by atoms with Crippen molar-refractivity contribution >= 4 is 11.6 Å². The average molecular weight is 212 g/mol. The lowest BCUT2D eigenvalue weighted by Gasteiger charge is -2.07. The molecule has 0 aliphatic rings. The lowest BCUT2D eigenvalue weighted by molar-refractivity contribution is -0.141. The molecule has 1 N–H and O–H groups in total. The largest absolute Gasteiger partial charge is 0.433 e. The number of nitrogens with zero attached hydrogens (tertiary/aromatic N) is 1. The first-order valence-corrected chi connectivity index (χ1v) is 3.65. The molecule has 0 aliphatic heterocycles. The number of aliphatic hydroxyl groups is 1. The van der Waals surface area contributed by atoms with Gasteiger partial charge in [-0.3, -0.25) is 4.98 Å². The van der Waals surface area contributed by atoms with Crippen LogP contribution in [-0.4, -0.2) is 10.1 Å². The Hall–Kier alpha value is -0.810. The lowest BCUT2D eigenvalue weighted by Crippen LogP contribution is -2.08. The summed E-state index contributed by atoms with van der Waals surface area (Å²) in [4.78, 5) is 3.09. The lowest BCUT2D eigenvalue weighted by atomic mass is 10.2. The van der Waals surface area contributed by atoms with Gasteiger partial charge in [0.1, 0.15) is 5.69 Å². The van der Waals surface area contributed by atoms with Gasteiger partial charge in [0, 0.05) is 6.20 Å². The molecule has 13 heavy (non-hydrogen) atoms. The summed E-state index contributed by atoms with van der Waals surface area (Å²) in [6.07, 6.45) is -3.63. The molecule has 0 spiro atoms. The third kappa shape index (κ3) is 2.32. The molecular formula is C7H5ClF3NO. The molecule has 0 radical (unpaired) electrons. The second kappa shape index (κ2) is 3.51. The number of aromatic nitrogens is 1. The van der Waals surface area contributed by atoms with Crippen LogP contribution in [0.1, 0.15) is 11.3 Å². The fraction of sp³-hybridized carbons (Fsp3) is 0.286. The van der Waals surface area contributed by atoms with Crippen LogP contribution in [0.15, 0.2) is 12.3 Å². The Morgan fingerprint density at radius 2 is 2.08 bits per heavy atom. The molecule has 1 heterocycles. The highest BCUT2D eigenvalue weighted by Gasteiger charge is 2.32. The summed E-state index contributed by atoms with van der Waals surface area (Å²) in [5, 5.41) is 8.65. The maximum atomic E-state index is 12.0. The monoisotopic (exact) mass is 211 g/mol. The number of rotatable bonds is 1.